The van der Waals surface area contributed by atoms with Gasteiger partial charge in [-0.15, -0.1) is 0 Å². The summed E-state index contributed by atoms with van der Waals surface area (Å²) in [5, 5.41) is 9.89. The molecule has 1 amide bonds. The summed E-state index contributed by atoms with van der Waals surface area (Å²) in [6.45, 7) is 5.72. The number of hydrogen-bond donors (Lipinski definition) is 3. The zero-order chi connectivity index (χ0) is 12.6. The molecule has 0 saturated heterocycles. The van der Waals surface area contributed by atoms with Gasteiger partial charge in [-0.05, 0) is 33.6 Å². The summed E-state index contributed by atoms with van der Waals surface area (Å²) in [6.07, 6.45) is 2.80. The number of nitrogens with one attached hydrogen (secondary N) is 2. The van der Waals surface area contributed by atoms with Crippen LogP contribution in [0.4, 0.5) is 5.69 Å². The Morgan fingerprint density at radius 1 is 1.59 bits per heavy atom. The maximum Gasteiger partial charge on any atom is 0.231 e. The molecule has 5 nitrogen and oxygen atoms in total. The Morgan fingerprint density at radius 2 is 2.29 bits per heavy atom. The molecule has 0 radical (unpaired) electrons. The number of aromatic nitrogens is 2. The first-order valence-corrected chi connectivity index (χ1v) is 6.04. The average molecular weight is 236 g/mol. The van der Waals surface area contributed by atoms with E-state index in [0.717, 1.165) is 36.3 Å². The van der Waals surface area contributed by atoms with Crippen LogP contribution in [-0.2, 0) is 4.79 Å². The lowest BCUT2D eigenvalue weighted by Crippen LogP contribution is -2.44. The molecular weight excluding hydrogens is 216 g/mol. The molecule has 94 valence electrons. The molecule has 1 aliphatic carbocycles. The normalized spacial score (nSPS) is 28.4. The first kappa shape index (κ1) is 12.1. The van der Waals surface area contributed by atoms with Gasteiger partial charge < -0.3 is 11.1 Å². The minimum Gasteiger partial charge on any atom is -0.327 e. The molecule has 0 aliphatic heterocycles. The fourth-order valence-electron chi connectivity index (χ4n) is 2.47. The van der Waals surface area contributed by atoms with Crippen LogP contribution >= 0.6 is 0 Å². The van der Waals surface area contributed by atoms with Crippen molar-refractivity contribution in [2.45, 2.75) is 46.1 Å². The van der Waals surface area contributed by atoms with Crippen molar-refractivity contribution in [2.24, 2.45) is 11.1 Å². The van der Waals surface area contributed by atoms with E-state index in [1.54, 1.807) is 0 Å². The van der Waals surface area contributed by atoms with Crippen LogP contribution in [0.25, 0.3) is 0 Å². The quantitative estimate of drug-likeness (QED) is 0.727. The lowest BCUT2D eigenvalue weighted by atomic mass is 9.84. The molecule has 0 aromatic carbocycles. The third-order valence-electron chi connectivity index (χ3n) is 3.91. The predicted molar refractivity (Wildman–Crippen MR) is 66.6 cm³/mol. The molecular formula is C12H20N4O. The molecule has 1 aromatic heterocycles. The molecule has 5 heteroatoms. The highest BCUT2D eigenvalue weighted by atomic mass is 16.2. The molecule has 1 aliphatic rings. The number of rotatable bonds is 2. The highest BCUT2D eigenvalue weighted by Crippen LogP contribution is 2.38. The highest BCUT2D eigenvalue weighted by molar-refractivity contribution is 5.96. The first-order chi connectivity index (χ1) is 7.95. The zero-order valence-electron chi connectivity index (χ0n) is 10.6. The minimum absolute atomic E-state index is 0.00935. The standard InChI is InChI=1S/C12H20N4O/c1-7-10(8(2)16-15-7)14-11(17)12(3)6-4-5-9(12)13/h9H,4-6,13H2,1-3H3,(H,14,17)(H,15,16). The molecule has 0 spiro atoms. The number of nitrogens with two attached hydrogens (primary N) is 1. The second-order valence-electron chi connectivity index (χ2n) is 5.18. The van der Waals surface area contributed by atoms with Gasteiger partial charge in [0.15, 0.2) is 0 Å². The fraction of sp³-hybridized carbons (Fsp3) is 0.667. The van der Waals surface area contributed by atoms with Gasteiger partial charge in [-0.25, -0.2) is 0 Å². The molecule has 1 saturated carbocycles. The van der Waals surface area contributed by atoms with Gasteiger partial charge in [0, 0.05) is 6.04 Å². The van der Waals surface area contributed by atoms with Crippen LogP contribution in [0, 0.1) is 19.3 Å². The molecule has 1 fully saturated rings. The topological polar surface area (TPSA) is 83.8 Å². The van der Waals surface area contributed by atoms with E-state index in [1.807, 2.05) is 20.8 Å². The van der Waals surface area contributed by atoms with E-state index in [9.17, 15) is 4.79 Å². The number of H-pyrrole nitrogens is 1. The number of aryl methyl sites for hydroxylation is 2. The third-order valence-corrected chi connectivity index (χ3v) is 3.91. The lowest BCUT2D eigenvalue weighted by molar-refractivity contribution is -0.125. The average Bonchev–Trinajstić information content (AvgIpc) is 2.77. The summed E-state index contributed by atoms with van der Waals surface area (Å²) < 4.78 is 0. The summed E-state index contributed by atoms with van der Waals surface area (Å²) in [7, 11) is 0. The van der Waals surface area contributed by atoms with Crippen molar-refractivity contribution < 1.29 is 4.79 Å². The third kappa shape index (κ3) is 1.95. The molecule has 17 heavy (non-hydrogen) atoms. The molecule has 1 aromatic rings. The second-order valence-corrected chi connectivity index (χ2v) is 5.18. The van der Waals surface area contributed by atoms with Gasteiger partial charge >= 0.3 is 0 Å². The van der Waals surface area contributed by atoms with Crippen molar-refractivity contribution in [3.8, 4) is 0 Å². The van der Waals surface area contributed by atoms with Crippen molar-refractivity contribution in [3.63, 3.8) is 0 Å². The monoisotopic (exact) mass is 236 g/mol. The van der Waals surface area contributed by atoms with Gasteiger partial charge in [-0.1, -0.05) is 6.42 Å². The summed E-state index contributed by atoms with van der Waals surface area (Å²) in [6, 6.07) is -0.0463. The maximum absolute atomic E-state index is 12.3. The van der Waals surface area contributed by atoms with Crippen LogP contribution in [0.2, 0.25) is 0 Å². The molecule has 1 heterocycles. The van der Waals surface area contributed by atoms with Gasteiger partial charge in [0.1, 0.15) is 0 Å². The van der Waals surface area contributed by atoms with E-state index in [-0.39, 0.29) is 11.9 Å². The first-order valence-electron chi connectivity index (χ1n) is 6.04. The molecule has 2 unspecified atom stereocenters. The summed E-state index contributed by atoms with van der Waals surface area (Å²) in [5.74, 6) is 0.00935. The minimum atomic E-state index is -0.448. The Kier molecular flexibility index (Phi) is 2.95. The number of anilines is 1. The number of amides is 1. The number of hydrogen-bond acceptors (Lipinski definition) is 3. The second kappa shape index (κ2) is 4.14. The number of aromatic amines is 1. The van der Waals surface area contributed by atoms with Crippen LogP contribution in [-0.4, -0.2) is 22.1 Å². The fourth-order valence-corrected chi connectivity index (χ4v) is 2.47. The van der Waals surface area contributed by atoms with Crippen LogP contribution in [0.5, 0.6) is 0 Å². The Morgan fingerprint density at radius 3 is 2.76 bits per heavy atom. The molecule has 4 N–H and O–H groups in total. The number of carbonyl (C=O) groups excluding carboxylic acids is 1. The molecule has 2 rings (SSSR count). The van der Waals surface area contributed by atoms with E-state index >= 15 is 0 Å². The molecule has 2 atom stereocenters. The summed E-state index contributed by atoms with van der Waals surface area (Å²) in [4.78, 5) is 12.3. The lowest BCUT2D eigenvalue weighted by Gasteiger charge is -2.27. The smallest absolute Gasteiger partial charge is 0.231 e. The number of nitrogens with zero attached hydrogens (tertiary/aromatic N) is 1. The highest BCUT2D eigenvalue weighted by Gasteiger charge is 2.43. The van der Waals surface area contributed by atoms with Gasteiger partial charge in [-0.3, -0.25) is 9.89 Å². The summed E-state index contributed by atoms with van der Waals surface area (Å²) >= 11 is 0. The van der Waals surface area contributed by atoms with Crippen LogP contribution in [0.3, 0.4) is 0 Å². The van der Waals surface area contributed by atoms with Crippen LogP contribution in [0.1, 0.15) is 37.6 Å². The zero-order valence-corrected chi connectivity index (χ0v) is 10.6. The Hall–Kier alpha value is -1.36. The molecule has 0 bridgehead atoms. The Balaban J connectivity index is 2.17. The van der Waals surface area contributed by atoms with Gasteiger partial charge in [0.25, 0.3) is 0 Å². The summed E-state index contributed by atoms with van der Waals surface area (Å²) in [5.41, 5.74) is 8.07. The van der Waals surface area contributed by atoms with Gasteiger partial charge in [0.05, 0.1) is 22.5 Å². The van der Waals surface area contributed by atoms with Crippen molar-refractivity contribution in [1.29, 1.82) is 0 Å². The number of carbonyl (C=O) groups is 1. The van der Waals surface area contributed by atoms with E-state index in [2.05, 4.69) is 15.5 Å². The van der Waals surface area contributed by atoms with Gasteiger partial charge in [-0.2, -0.15) is 5.10 Å². The van der Waals surface area contributed by atoms with Crippen molar-refractivity contribution in [1.82, 2.24) is 10.2 Å². The van der Waals surface area contributed by atoms with E-state index in [0.29, 0.717) is 0 Å². The van der Waals surface area contributed by atoms with E-state index in [4.69, 9.17) is 5.73 Å². The van der Waals surface area contributed by atoms with Crippen LogP contribution < -0.4 is 11.1 Å². The van der Waals surface area contributed by atoms with Crippen molar-refractivity contribution in [2.75, 3.05) is 5.32 Å². The van der Waals surface area contributed by atoms with E-state index in [1.165, 1.54) is 0 Å². The largest absolute Gasteiger partial charge is 0.327 e. The van der Waals surface area contributed by atoms with Crippen molar-refractivity contribution in [3.05, 3.63) is 11.4 Å². The van der Waals surface area contributed by atoms with Crippen molar-refractivity contribution >= 4 is 11.6 Å². The predicted octanol–water partition coefficient (Wildman–Crippen LogP) is 1.48. The SMILES string of the molecule is Cc1n[nH]c(C)c1NC(=O)C1(C)CCCC1N. The van der Waals surface area contributed by atoms with Crippen LogP contribution in [0.15, 0.2) is 0 Å². The van der Waals surface area contributed by atoms with E-state index < -0.39 is 5.41 Å². The maximum atomic E-state index is 12.3. The Bertz CT molecular complexity index is 420. The Labute approximate surface area is 101 Å². The van der Waals surface area contributed by atoms with Gasteiger partial charge in [0.2, 0.25) is 5.91 Å².